The second-order valence-electron chi connectivity index (χ2n) is 5.56. The summed E-state index contributed by atoms with van der Waals surface area (Å²) in [7, 11) is 1.66. The van der Waals surface area contributed by atoms with Crippen molar-refractivity contribution < 1.29 is 9.53 Å². The minimum Gasteiger partial charge on any atom is -0.497 e. The summed E-state index contributed by atoms with van der Waals surface area (Å²) >= 11 is 0. The fraction of sp³-hybridized carbons (Fsp3) is 0.278. The van der Waals surface area contributed by atoms with Gasteiger partial charge in [-0.25, -0.2) is 0 Å². The number of anilines is 1. The Hall–Kier alpha value is -2.20. The van der Waals surface area contributed by atoms with Gasteiger partial charge < -0.3 is 15.4 Å². The number of carbonyl (C=O) groups is 1. The molecule has 1 unspecified atom stereocenters. The molecule has 122 valence electrons. The maximum absolute atomic E-state index is 12.8. The summed E-state index contributed by atoms with van der Waals surface area (Å²) in [6.07, 6.45) is 2.00. The standard InChI is InChI=1S/C18H20N2O2.ClH/c1-22-16-5-2-4-14(12-16)17-6-3-11-20(17)18(21)13-7-9-15(19)10-8-13;/h2,4-5,7-10,12,17H,3,6,11,19H2,1H3;1H. The largest absolute Gasteiger partial charge is 0.497 e. The predicted octanol–water partition coefficient (Wildman–Crippen LogP) is 3.68. The monoisotopic (exact) mass is 332 g/mol. The van der Waals surface area contributed by atoms with Crippen molar-refractivity contribution in [3.8, 4) is 5.75 Å². The Morgan fingerprint density at radius 2 is 1.96 bits per heavy atom. The molecule has 2 N–H and O–H groups in total. The second kappa shape index (κ2) is 7.38. The maximum atomic E-state index is 12.8. The van der Waals surface area contributed by atoms with Crippen LogP contribution >= 0.6 is 12.4 Å². The number of halogens is 1. The van der Waals surface area contributed by atoms with Crippen molar-refractivity contribution >= 4 is 24.0 Å². The molecule has 0 aliphatic carbocycles. The third kappa shape index (κ3) is 3.59. The van der Waals surface area contributed by atoms with Gasteiger partial charge in [0, 0.05) is 17.8 Å². The molecule has 1 heterocycles. The summed E-state index contributed by atoms with van der Waals surface area (Å²) in [5.41, 5.74) is 8.17. The second-order valence-corrected chi connectivity index (χ2v) is 5.56. The van der Waals surface area contributed by atoms with Crippen LogP contribution in [-0.2, 0) is 0 Å². The lowest BCUT2D eigenvalue weighted by Crippen LogP contribution is -2.30. The number of benzene rings is 2. The van der Waals surface area contributed by atoms with Crippen molar-refractivity contribution in [3.05, 3.63) is 59.7 Å². The van der Waals surface area contributed by atoms with E-state index >= 15 is 0 Å². The molecule has 2 aromatic carbocycles. The molecular formula is C18H21ClN2O2. The van der Waals surface area contributed by atoms with Crippen LogP contribution in [0.5, 0.6) is 5.75 Å². The first-order valence-electron chi connectivity index (χ1n) is 7.49. The first-order chi connectivity index (χ1) is 10.7. The Kier molecular flexibility index (Phi) is 5.50. The molecule has 1 atom stereocenters. The molecule has 1 aliphatic rings. The minimum absolute atomic E-state index is 0. The Labute approximate surface area is 142 Å². The highest BCUT2D eigenvalue weighted by Crippen LogP contribution is 2.34. The average molecular weight is 333 g/mol. The third-order valence-electron chi connectivity index (χ3n) is 4.15. The minimum atomic E-state index is 0. The predicted molar refractivity (Wildman–Crippen MR) is 94.1 cm³/mol. The van der Waals surface area contributed by atoms with Crippen LogP contribution in [-0.4, -0.2) is 24.5 Å². The van der Waals surface area contributed by atoms with Crippen LogP contribution < -0.4 is 10.5 Å². The maximum Gasteiger partial charge on any atom is 0.254 e. The third-order valence-corrected chi connectivity index (χ3v) is 4.15. The average Bonchev–Trinajstić information content (AvgIpc) is 3.04. The number of methoxy groups -OCH3 is 1. The number of hydrogen-bond donors (Lipinski definition) is 1. The van der Waals surface area contributed by atoms with E-state index in [2.05, 4.69) is 6.07 Å². The van der Waals surface area contributed by atoms with Crippen molar-refractivity contribution in [3.63, 3.8) is 0 Å². The lowest BCUT2D eigenvalue weighted by molar-refractivity contribution is 0.0735. The molecule has 5 heteroatoms. The van der Waals surface area contributed by atoms with E-state index in [-0.39, 0.29) is 24.4 Å². The molecule has 0 bridgehead atoms. The number of likely N-dealkylation sites (tertiary alicyclic amines) is 1. The van der Waals surface area contributed by atoms with Crippen molar-refractivity contribution in [2.75, 3.05) is 19.4 Å². The fourth-order valence-corrected chi connectivity index (χ4v) is 3.00. The van der Waals surface area contributed by atoms with Gasteiger partial charge in [0.05, 0.1) is 13.2 Å². The van der Waals surface area contributed by atoms with Gasteiger partial charge in [-0.15, -0.1) is 12.4 Å². The lowest BCUT2D eigenvalue weighted by atomic mass is 10.0. The summed E-state index contributed by atoms with van der Waals surface area (Å²) in [6.45, 7) is 0.783. The van der Waals surface area contributed by atoms with Gasteiger partial charge in [0.15, 0.2) is 0 Å². The van der Waals surface area contributed by atoms with Gasteiger partial charge in [-0.2, -0.15) is 0 Å². The van der Waals surface area contributed by atoms with Crippen LogP contribution in [0.2, 0.25) is 0 Å². The zero-order chi connectivity index (χ0) is 15.5. The van der Waals surface area contributed by atoms with Crippen LogP contribution in [0.25, 0.3) is 0 Å². The highest BCUT2D eigenvalue weighted by molar-refractivity contribution is 5.95. The van der Waals surface area contributed by atoms with E-state index < -0.39 is 0 Å². The van der Waals surface area contributed by atoms with Crippen LogP contribution in [0.15, 0.2) is 48.5 Å². The number of nitrogen functional groups attached to an aromatic ring is 1. The molecule has 1 fully saturated rings. The number of nitrogens with two attached hydrogens (primary N) is 1. The molecule has 4 nitrogen and oxygen atoms in total. The highest BCUT2D eigenvalue weighted by Gasteiger charge is 2.30. The van der Waals surface area contributed by atoms with Gasteiger partial charge >= 0.3 is 0 Å². The normalized spacial score (nSPS) is 16.7. The van der Waals surface area contributed by atoms with Gasteiger partial charge in [0.25, 0.3) is 5.91 Å². The number of amides is 1. The van der Waals surface area contributed by atoms with E-state index in [9.17, 15) is 4.79 Å². The van der Waals surface area contributed by atoms with E-state index in [1.54, 1.807) is 31.4 Å². The number of hydrogen-bond acceptors (Lipinski definition) is 3. The van der Waals surface area contributed by atoms with Gasteiger partial charge in [-0.1, -0.05) is 12.1 Å². The first kappa shape index (κ1) is 17.2. The van der Waals surface area contributed by atoms with Gasteiger partial charge in [0.1, 0.15) is 5.75 Å². The van der Waals surface area contributed by atoms with E-state index in [1.807, 2.05) is 23.1 Å². The van der Waals surface area contributed by atoms with Crippen LogP contribution in [0.1, 0.15) is 34.8 Å². The molecule has 23 heavy (non-hydrogen) atoms. The van der Waals surface area contributed by atoms with E-state index in [0.717, 1.165) is 30.7 Å². The first-order valence-corrected chi connectivity index (χ1v) is 7.49. The Balaban J connectivity index is 0.00000192. The number of nitrogens with zero attached hydrogens (tertiary/aromatic N) is 1. The SMILES string of the molecule is COc1cccc(C2CCCN2C(=O)c2ccc(N)cc2)c1.Cl. The molecule has 0 aromatic heterocycles. The van der Waals surface area contributed by atoms with Crippen molar-refractivity contribution in [1.82, 2.24) is 4.90 Å². The number of carbonyl (C=O) groups excluding carboxylic acids is 1. The zero-order valence-corrected chi connectivity index (χ0v) is 13.9. The molecule has 3 rings (SSSR count). The Morgan fingerprint density at radius 3 is 2.65 bits per heavy atom. The van der Waals surface area contributed by atoms with Crippen molar-refractivity contribution in [1.29, 1.82) is 0 Å². The fourth-order valence-electron chi connectivity index (χ4n) is 3.00. The van der Waals surface area contributed by atoms with E-state index in [4.69, 9.17) is 10.5 Å². The van der Waals surface area contributed by atoms with E-state index in [1.165, 1.54) is 0 Å². The van der Waals surface area contributed by atoms with Crippen LogP contribution in [0.3, 0.4) is 0 Å². The summed E-state index contributed by atoms with van der Waals surface area (Å²) in [5, 5.41) is 0. The van der Waals surface area contributed by atoms with Gasteiger partial charge in [-0.05, 0) is 54.8 Å². The van der Waals surface area contributed by atoms with Crippen LogP contribution in [0, 0.1) is 0 Å². The van der Waals surface area contributed by atoms with Gasteiger partial charge in [0.2, 0.25) is 0 Å². The van der Waals surface area contributed by atoms with Crippen molar-refractivity contribution in [2.45, 2.75) is 18.9 Å². The number of ether oxygens (including phenoxy) is 1. The molecule has 1 aliphatic heterocycles. The van der Waals surface area contributed by atoms with E-state index in [0.29, 0.717) is 11.3 Å². The lowest BCUT2D eigenvalue weighted by Gasteiger charge is -2.25. The molecule has 1 amide bonds. The quantitative estimate of drug-likeness (QED) is 0.872. The molecule has 1 saturated heterocycles. The van der Waals surface area contributed by atoms with Crippen molar-refractivity contribution in [2.24, 2.45) is 0 Å². The number of rotatable bonds is 3. The summed E-state index contributed by atoms with van der Waals surface area (Å²) in [6, 6.07) is 15.2. The zero-order valence-electron chi connectivity index (χ0n) is 13.1. The molecule has 0 radical (unpaired) electrons. The summed E-state index contributed by atoms with van der Waals surface area (Å²) in [4.78, 5) is 14.7. The smallest absolute Gasteiger partial charge is 0.254 e. The van der Waals surface area contributed by atoms with Gasteiger partial charge in [-0.3, -0.25) is 4.79 Å². The summed E-state index contributed by atoms with van der Waals surface area (Å²) in [5.74, 6) is 0.884. The Morgan fingerprint density at radius 1 is 1.22 bits per heavy atom. The molecular weight excluding hydrogens is 312 g/mol. The Bertz CT molecular complexity index is 673. The molecule has 2 aromatic rings. The molecule has 0 spiro atoms. The highest BCUT2D eigenvalue weighted by atomic mass is 35.5. The van der Waals surface area contributed by atoms with Crippen LogP contribution in [0.4, 0.5) is 5.69 Å². The summed E-state index contributed by atoms with van der Waals surface area (Å²) < 4.78 is 5.29. The topological polar surface area (TPSA) is 55.6 Å². The molecule has 0 saturated carbocycles.